The van der Waals surface area contributed by atoms with Crippen molar-refractivity contribution in [1.82, 2.24) is 0 Å². The molecule has 0 aliphatic carbocycles. The van der Waals surface area contributed by atoms with Gasteiger partial charge in [0.15, 0.2) is 0 Å². The van der Waals surface area contributed by atoms with E-state index in [9.17, 15) is 16.8 Å². The van der Waals surface area contributed by atoms with Crippen molar-refractivity contribution in [1.29, 1.82) is 0 Å². The molecule has 0 aromatic heterocycles. The van der Waals surface area contributed by atoms with Crippen LogP contribution in [0.15, 0.2) is 0 Å². The monoisotopic (exact) mass is 302 g/mol. The van der Waals surface area contributed by atoms with E-state index in [4.69, 9.17) is 9.47 Å². The summed E-state index contributed by atoms with van der Waals surface area (Å²) >= 11 is 0. The third kappa shape index (κ3) is 4.44. The maximum Gasteiger partial charge on any atom is 0.264 e. The highest BCUT2D eigenvalue weighted by Crippen LogP contribution is 2.39. The summed E-state index contributed by atoms with van der Waals surface area (Å²) in [7, 11) is -6.95. The molecule has 10 heteroatoms. The summed E-state index contributed by atoms with van der Waals surface area (Å²) < 4.78 is 62.5. The summed E-state index contributed by atoms with van der Waals surface area (Å²) in [4.78, 5) is 0. The minimum absolute atomic E-state index is 0.0526. The Morgan fingerprint density at radius 2 is 1.17 bits per heavy atom. The first-order valence-electron chi connectivity index (χ1n) is 5.15. The van der Waals surface area contributed by atoms with Crippen molar-refractivity contribution in [2.75, 3.05) is 25.7 Å². The molecule has 2 saturated heterocycles. The lowest BCUT2D eigenvalue weighted by Gasteiger charge is -1.96. The van der Waals surface area contributed by atoms with Gasteiger partial charge in [0.25, 0.3) is 20.2 Å². The van der Waals surface area contributed by atoms with E-state index in [1.165, 1.54) is 0 Å². The van der Waals surface area contributed by atoms with Gasteiger partial charge in [-0.1, -0.05) is 0 Å². The standard InChI is InChI=1S/C8H14O8S2/c1-17(9,10)13-3-5-7(15-5)8-6(16-8)4-14-18(2,11)12/h5-8H,3-4H2,1-2H3/t5-,6-,7+,8?/m1/s1. The van der Waals surface area contributed by atoms with Gasteiger partial charge in [0, 0.05) is 0 Å². The number of rotatable bonds is 7. The average molecular weight is 302 g/mol. The Balaban J connectivity index is 1.66. The van der Waals surface area contributed by atoms with Crippen LogP contribution < -0.4 is 0 Å². The molecule has 2 aliphatic rings. The number of epoxide rings is 2. The minimum Gasteiger partial charge on any atom is -0.364 e. The lowest BCUT2D eigenvalue weighted by molar-refractivity contribution is 0.255. The maximum absolute atomic E-state index is 10.7. The van der Waals surface area contributed by atoms with Gasteiger partial charge in [0.05, 0.1) is 25.7 Å². The highest BCUT2D eigenvalue weighted by Gasteiger charge is 2.57. The second kappa shape index (κ2) is 4.69. The zero-order valence-corrected chi connectivity index (χ0v) is 11.4. The Labute approximate surface area is 105 Å². The van der Waals surface area contributed by atoms with Gasteiger partial charge >= 0.3 is 0 Å². The molecule has 0 radical (unpaired) electrons. The Kier molecular flexibility index (Phi) is 3.69. The summed E-state index contributed by atoms with van der Waals surface area (Å²) in [6, 6.07) is 0. The maximum atomic E-state index is 10.7. The number of hydrogen-bond donors (Lipinski definition) is 0. The van der Waals surface area contributed by atoms with Crippen LogP contribution in [0.5, 0.6) is 0 Å². The lowest BCUT2D eigenvalue weighted by Crippen LogP contribution is -2.16. The van der Waals surface area contributed by atoms with Crippen molar-refractivity contribution in [3.8, 4) is 0 Å². The largest absolute Gasteiger partial charge is 0.364 e. The molecule has 0 spiro atoms. The molecule has 0 bridgehead atoms. The van der Waals surface area contributed by atoms with Crippen LogP contribution in [0.2, 0.25) is 0 Å². The normalized spacial score (nSPS) is 35.4. The van der Waals surface area contributed by atoms with Gasteiger partial charge < -0.3 is 9.47 Å². The van der Waals surface area contributed by atoms with Crippen molar-refractivity contribution >= 4 is 20.2 Å². The molecule has 0 aromatic rings. The fourth-order valence-corrected chi connectivity index (χ4v) is 2.30. The van der Waals surface area contributed by atoms with Gasteiger partial charge in [-0.05, 0) is 0 Å². The zero-order valence-electron chi connectivity index (χ0n) is 9.81. The lowest BCUT2D eigenvalue weighted by atomic mass is 10.2. The van der Waals surface area contributed by atoms with Crippen LogP contribution >= 0.6 is 0 Å². The summed E-state index contributed by atoms with van der Waals surface area (Å²) in [5.74, 6) is 0. The third-order valence-electron chi connectivity index (χ3n) is 2.46. The fourth-order valence-electron chi connectivity index (χ4n) is 1.54. The van der Waals surface area contributed by atoms with E-state index in [2.05, 4.69) is 8.37 Å². The van der Waals surface area contributed by atoms with Crippen LogP contribution in [0.4, 0.5) is 0 Å². The molecule has 2 aliphatic heterocycles. The van der Waals surface area contributed by atoms with Crippen molar-refractivity contribution in [3.05, 3.63) is 0 Å². The molecule has 0 aromatic carbocycles. The van der Waals surface area contributed by atoms with Crippen LogP contribution in [-0.4, -0.2) is 67.0 Å². The van der Waals surface area contributed by atoms with Gasteiger partial charge in [-0.3, -0.25) is 8.37 Å². The van der Waals surface area contributed by atoms with Crippen molar-refractivity contribution < 1.29 is 34.7 Å². The van der Waals surface area contributed by atoms with Gasteiger partial charge in [-0.25, -0.2) is 0 Å². The van der Waals surface area contributed by atoms with Crippen LogP contribution in [0.1, 0.15) is 0 Å². The van der Waals surface area contributed by atoms with E-state index < -0.39 is 20.2 Å². The molecule has 18 heavy (non-hydrogen) atoms. The van der Waals surface area contributed by atoms with Crippen molar-refractivity contribution in [2.45, 2.75) is 24.4 Å². The highest BCUT2D eigenvalue weighted by molar-refractivity contribution is 7.86. The molecule has 4 atom stereocenters. The quantitative estimate of drug-likeness (QED) is 0.411. The Bertz CT molecular complexity index is 461. The molecule has 8 nitrogen and oxygen atoms in total. The molecule has 0 N–H and O–H groups in total. The molecule has 2 rings (SSSR count). The third-order valence-corrected chi connectivity index (χ3v) is 3.59. The van der Waals surface area contributed by atoms with Crippen molar-refractivity contribution in [3.63, 3.8) is 0 Å². The Morgan fingerprint density at radius 3 is 1.44 bits per heavy atom. The van der Waals surface area contributed by atoms with Gasteiger partial charge in [-0.15, -0.1) is 0 Å². The molecular weight excluding hydrogens is 288 g/mol. The van der Waals surface area contributed by atoms with E-state index in [0.717, 1.165) is 12.5 Å². The zero-order chi connectivity index (χ0) is 13.6. The molecule has 2 fully saturated rings. The van der Waals surface area contributed by atoms with E-state index in [-0.39, 0.29) is 37.6 Å². The first-order chi connectivity index (χ1) is 8.16. The van der Waals surface area contributed by atoms with Gasteiger partial charge in [-0.2, -0.15) is 16.8 Å². The second-order valence-corrected chi connectivity index (χ2v) is 7.54. The summed E-state index contributed by atoms with van der Waals surface area (Å²) in [5, 5.41) is 0. The van der Waals surface area contributed by atoms with E-state index >= 15 is 0 Å². The summed E-state index contributed by atoms with van der Waals surface area (Å²) in [6.45, 7) is -0.105. The summed E-state index contributed by atoms with van der Waals surface area (Å²) in [5.41, 5.74) is 0. The highest BCUT2D eigenvalue weighted by atomic mass is 32.2. The van der Waals surface area contributed by atoms with E-state index in [1.54, 1.807) is 0 Å². The Morgan fingerprint density at radius 1 is 0.833 bits per heavy atom. The predicted molar refractivity (Wildman–Crippen MR) is 58.9 cm³/mol. The molecule has 0 saturated carbocycles. The SMILES string of the molecule is CS(=O)(=O)OC[C@H]1OC1[C@H]1O[C@@H]1COS(C)(=O)=O. The molecule has 0 amide bonds. The van der Waals surface area contributed by atoms with Gasteiger partial charge in [0.1, 0.15) is 24.4 Å². The van der Waals surface area contributed by atoms with Crippen LogP contribution in [0, 0.1) is 0 Å². The fraction of sp³-hybridized carbons (Fsp3) is 1.00. The average Bonchev–Trinajstić information content (AvgIpc) is 3.04. The second-order valence-electron chi connectivity index (χ2n) is 4.26. The summed E-state index contributed by atoms with van der Waals surface area (Å²) in [6.07, 6.45) is 0.766. The first-order valence-corrected chi connectivity index (χ1v) is 8.79. The van der Waals surface area contributed by atoms with Gasteiger partial charge in [0.2, 0.25) is 0 Å². The first kappa shape index (κ1) is 14.2. The Hall–Kier alpha value is -0.260. The number of hydrogen-bond acceptors (Lipinski definition) is 8. The van der Waals surface area contributed by atoms with E-state index in [0.29, 0.717) is 0 Å². The number of ether oxygens (including phenoxy) is 2. The molecule has 106 valence electrons. The van der Waals surface area contributed by atoms with Crippen molar-refractivity contribution in [2.24, 2.45) is 0 Å². The van der Waals surface area contributed by atoms with Crippen LogP contribution in [0.25, 0.3) is 0 Å². The molecular formula is C8H14O8S2. The smallest absolute Gasteiger partial charge is 0.264 e. The molecule has 2 heterocycles. The molecule has 1 unspecified atom stereocenters. The van der Waals surface area contributed by atoms with Crippen LogP contribution in [-0.2, 0) is 38.1 Å². The van der Waals surface area contributed by atoms with E-state index in [1.807, 2.05) is 0 Å². The topological polar surface area (TPSA) is 112 Å². The minimum atomic E-state index is -3.48. The predicted octanol–water partition coefficient (Wildman–Crippen LogP) is -1.53. The van der Waals surface area contributed by atoms with Crippen LogP contribution in [0.3, 0.4) is 0 Å².